The molecule has 0 aliphatic carbocycles. The molecule has 1 heterocycles. The Bertz CT molecular complexity index is 1110. The lowest BCUT2D eigenvalue weighted by Gasteiger charge is -2.30. The zero-order valence-electron chi connectivity index (χ0n) is 17.6. The van der Waals surface area contributed by atoms with Crippen molar-refractivity contribution in [2.45, 2.75) is 13.3 Å². The molecular formula is C25H23ClN2O4. The van der Waals surface area contributed by atoms with Crippen molar-refractivity contribution in [3.8, 4) is 11.5 Å². The Morgan fingerprint density at radius 3 is 2.59 bits per heavy atom. The Balaban J connectivity index is 1.41. The van der Waals surface area contributed by atoms with Gasteiger partial charge in [0, 0.05) is 22.8 Å². The number of nitrogens with zero attached hydrogens (tertiary/aromatic N) is 1. The minimum atomic E-state index is -0.261. The summed E-state index contributed by atoms with van der Waals surface area (Å²) < 4.78 is 11.3. The van der Waals surface area contributed by atoms with Gasteiger partial charge in [-0.2, -0.15) is 0 Å². The van der Waals surface area contributed by atoms with Crippen LogP contribution in [0.4, 0.5) is 11.4 Å². The summed E-state index contributed by atoms with van der Waals surface area (Å²) >= 11 is 5.89. The van der Waals surface area contributed by atoms with Gasteiger partial charge in [0.05, 0.1) is 12.3 Å². The summed E-state index contributed by atoms with van der Waals surface area (Å²) in [6.07, 6.45) is 0.653. The Hall–Kier alpha value is -3.51. The minimum absolute atomic E-state index is 0.0116. The molecule has 0 atom stereocenters. The van der Waals surface area contributed by atoms with Crippen LogP contribution in [0.3, 0.4) is 0 Å². The van der Waals surface area contributed by atoms with E-state index in [2.05, 4.69) is 5.32 Å². The molecule has 0 saturated carbocycles. The molecule has 164 valence electrons. The summed E-state index contributed by atoms with van der Waals surface area (Å²) in [7, 11) is 0. The van der Waals surface area contributed by atoms with Crippen LogP contribution in [0.2, 0.25) is 5.02 Å². The molecule has 32 heavy (non-hydrogen) atoms. The van der Waals surface area contributed by atoms with Gasteiger partial charge < -0.3 is 19.7 Å². The van der Waals surface area contributed by atoms with Crippen LogP contribution in [-0.2, 0) is 4.79 Å². The number of aryl methyl sites for hydroxylation is 1. The Labute approximate surface area is 191 Å². The number of anilines is 2. The standard InChI is InChI=1S/C25H23ClN2O4/c1-17-3-10-21(11-4-17)31-14-2-13-28-22-15-20(9-12-23(22)32-16-24(28)29)27-25(30)18-5-7-19(26)8-6-18/h3-12,15H,2,13-14,16H2,1H3,(H,27,30). The Morgan fingerprint density at radius 2 is 1.84 bits per heavy atom. The van der Waals surface area contributed by atoms with Crippen molar-refractivity contribution in [1.29, 1.82) is 0 Å². The number of amides is 2. The monoisotopic (exact) mass is 450 g/mol. The van der Waals surface area contributed by atoms with E-state index in [0.717, 1.165) is 5.75 Å². The first-order valence-electron chi connectivity index (χ1n) is 10.3. The number of fused-ring (bicyclic) bond motifs is 1. The lowest BCUT2D eigenvalue weighted by molar-refractivity contribution is -0.121. The molecule has 3 aromatic carbocycles. The lowest BCUT2D eigenvalue weighted by atomic mass is 10.1. The normalized spacial score (nSPS) is 12.7. The summed E-state index contributed by atoms with van der Waals surface area (Å²) in [5.41, 5.74) is 2.87. The maximum atomic E-state index is 12.5. The van der Waals surface area contributed by atoms with Gasteiger partial charge >= 0.3 is 0 Å². The highest BCUT2D eigenvalue weighted by atomic mass is 35.5. The maximum Gasteiger partial charge on any atom is 0.265 e. The Kier molecular flexibility index (Phi) is 6.61. The van der Waals surface area contributed by atoms with E-state index in [0.29, 0.717) is 47.3 Å². The number of ether oxygens (including phenoxy) is 2. The maximum absolute atomic E-state index is 12.5. The summed E-state index contributed by atoms with van der Waals surface area (Å²) in [5.74, 6) is 1.02. The van der Waals surface area contributed by atoms with E-state index in [1.165, 1.54) is 5.56 Å². The first kappa shape index (κ1) is 21.7. The van der Waals surface area contributed by atoms with E-state index in [1.807, 2.05) is 31.2 Å². The number of benzene rings is 3. The molecule has 1 N–H and O–H groups in total. The van der Waals surface area contributed by atoms with Crippen LogP contribution in [0.15, 0.2) is 66.7 Å². The summed E-state index contributed by atoms with van der Waals surface area (Å²) in [4.78, 5) is 26.7. The van der Waals surface area contributed by atoms with Crippen LogP contribution in [0.5, 0.6) is 11.5 Å². The van der Waals surface area contributed by atoms with Crippen molar-refractivity contribution in [3.05, 3.63) is 82.9 Å². The molecule has 4 rings (SSSR count). The van der Waals surface area contributed by atoms with E-state index >= 15 is 0 Å². The largest absolute Gasteiger partial charge is 0.494 e. The summed E-state index contributed by atoms with van der Waals surface area (Å²) in [6, 6.07) is 19.8. The van der Waals surface area contributed by atoms with E-state index in [1.54, 1.807) is 47.4 Å². The number of hydrogen-bond acceptors (Lipinski definition) is 4. The molecule has 0 bridgehead atoms. The topological polar surface area (TPSA) is 67.9 Å². The minimum Gasteiger partial charge on any atom is -0.494 e. The van der Waals surface area contributed by atoms with Crippen molar-refractivity contribution in [2.75, 3.05) is 30.0 Å². The van der Waals surface area contributed by atoms with Gasteiger partial charge in [0.15, 0.2) is 6.61 Å². The summed E-state index contributed by atoms with van der Waals surface area (Å²) in [5, 5.41) is 3.42. The smallest absolute Gasteiger partial charge is 0.265 e. The second-order valence-electron chi connectivity index (χ2n) is 7.49. The number of halogens is 1. The van der Waals surface area contributed by atoms with Gasteiger partial charge in [-0.1, -0.05) is 29.3 Å². The number of carbonyl (C=O) groups is 2. The van der Waals surface area contributed by atoms with Crippen LogP contribution >= 0.6 is 11.6 Å². The predicted octanol–water partition coefficient (Wildman–Crippen LogP) is 5.10. The molecule has 0 radical (unpaired) electrons. The van der Waals surface area contributed by atoms with Crippen LogP contribution in [0.1, 0.15) is 22.3 Å². The molecule has 6 nitrogen and oxygen atoms in total. The molecule has 7 heteroatoms. The third-order valence-electron chi connectivity index (χ3n) is 5.08. The molecule has 0 unspecified atom stereocenters. The van der Waals surface area contributed by atoms with Crippen molar-refractivity contribution < 1.29 is 19.1 Å². The molecule has 0 spiro atoms. The zero-order chi connectivity index (χ0) is 22.5. The predicted molar refractivity (Wildman–Crippen MR) is 125 cm³/mol. The van der Waals surface area contributed by atoms with E-state index in [-0.39, 0.29) is 18.4 Å². The van der Waals surface area contributed by atoms with Crippen molar-refractivity contribution >= 4 is 34.8 Å². The highest BCUT2D eigenvalue weighted by Gasteiger charge is 2.25. The van der Waals surface area contributed by atoms with Gasteiger partial charge in [-0.15, -0.1) is 0 Å². The average Bonchev–Trinajstić information content (AvgIpc) is 2.79. The highest BCUT2D eigenvalue weighted by Crippen LogP contribution is 2.35. The second kappa shape index (κ2) is 9.75. The van der Waals surface area contributed by atoms with Gasteiger partial charge in [0.25, 0.3) is 11.8 Å². The van der Waals surface area contributed by atoms with E-state index in [4.69, 9.17) is 21.1 Å². The van der Waals surface area contributed by atoms with Crippen LogP contribution in [-0.4, -0.2) is 31.6 Å². The van der Waals surface area contributed by atoms with Crippen LogP contribution in [0.25, 0.3) is 0 Å². The van der Waals surface area contributed by atoms with Gasteiger partial charge in [0.2, 0.25) is 0 Å². The molecule has 0 aromatic heterocycles. The van der Waals surface area contributed by atoms with Gasteiger partial charge in [-0.25, -0.2) is 0 Å². The van der Waals surface area contributed by atoms with Crippen molar-refractivity contribution in [1.82, 2.24) is 0 Å². The van der Waals surface area contributed by atoms with Gasteiger partial charge in [0.1, 0.15) is 11.5 Å². The molecule has 0 fully saturated rings. The number of hydrogen-bond donors (Lipinski definition) is 1. The SMILES string of the molecule is Cc1ccc(OCCCN2C(=O)COc3ccc(NC(=O)c4ccc(Cl)cc4)cc32)cc1. The van der Waals surface area contributed by atoms with Crippen LogP contribution < -0.4 is 19.7 Å². The first-order valence-corrected chi connectivity index (χ1v) is 10.7. The summed E-state index contributed by atoms with van der Waals surface area (Å²) in [6.45, 7) is 2.98. The molecule has 2 amide bonds. The molecule has 0 saturated heterocycles. The van der Waals surface area contributed by atoms with Gasteiger partial charge in [-0.05, 0) is 67.9 Å². The highest BCUT2D eigenvalue weighted by molar-refractivity contribution is 6.30. The van der Waals surface area contributed by atoms with E-state index < -0.39 is 0 Å². The van der Waals surface area contributed by atoms with Crippen LogP contribution in [0, 0.1) is 6.92 Å². The fourth-order valence-electron chi connectivity index (χ4n) is 3.38. The number of rotatable bonds is 7. The molecule has 1 aliphatic rings. The fourth-order valence-corrected chi connectivity index (χ4v) is 3.50. The molecule has 3 aromatic rings. The van der Waals surface area contributed by atoms with Crippen molar-refractivity contribution in [3.63, 3.8) is 0 Å². The average molecular weight is 451 g/mol. The third kappa shape index (κ3) is 5.21. The van der Waals surface area contributed by atoms with Gasteiger partial charge in [-0.3, -0.25) is 9.59 Å². The van der Waals surface area contributed by atoms with Crippen molar-refractivity contribution in [2.24, 2.45) is 0 Å². The first-order chi connectivity index (χ1) is 15.5. The lowest BCUT2D eigenvalue weighted by Crippen LogP contribution is -2.39. The number of nitrogens with one attached hydrogen (secondary N) is 1. The van der Waals surface area contributed by atoms with E-state index in [9.17, 15) is 9.59 Å². The third-order valence-corrected chi connectivity index (χ3v) is 5.33. The fraction of sp³-hybridized carbons (Fsp3) is 0.200. The molecular weight excluding hydrogens is 428 g/mol. The quantitative estimate of drug-likeness (QED) is 0.509. The Morgan fingerprint density at radius 1 is 1.09 bits per heavy atom. The second-order valence-corrected chi connectivity index (χ2v) is 7.93. The molecule has 1 aliphatic heterocycles. The zero-order valence-corrected chi connectivity index (χ0v) is 18.4. The number of carbonyl (C=O) groups excluding carboxylic acids is 2.